The first-order chi connectivity index (χ1) is 4.36. The topological polar surface area (TPSA) is 44.5 Å². The molecule has 0 aliphatic rings. The summed E-state index contributed by atoms with van der Waals surface area (Å²) in [6.07, 6.45) is 1.87. The zero-order chi connectivity index (χ0) is 6.27. The molecule has 2 heterocycles. The second kappa shape index (κ2) is 1.37. The number of aryl methyl sites for hydroxylation is 1. The summed E-state index contributed by atoms with van der Waals surface area (Å²) >= 11 is 0. The summed E-state index contributed by atoms with van der Waals surface area (Å²) < 4.78 is 0. The second-order valence-corrected chi connectivity index (χ2v) is 2.06. The van der Waals surface area contributed by atoms with Crippen LogP contribution in [0.2, 0.25) is 0 Å². The first-order valence-electron chi connectivity index (χ1n) is 2.86. The minimum absolute atomic E-state index is 0.938. The molecule has 0 amide bonds. The molecular weight excluding hydrogens is 114 g/mol. The van der Waals surface area contributed by atoms with Gasteiger partial charge in [-0.2, -0.15) is 0 Å². The average Bonchev–Trinajstić information content (AvgIpc) is 2.22. The van der Waals surface area contributed by atoms with Gasteiger partial charge in [0.15, 0.2) is 5.65 Å². The number of hydrogen-bond donors (Lipinski definition) is 2. The third-order valence-corrected chi connectivity index (χ3v) is 1.32. The van der Waals surface area contributed by atoms with Crippen LogP contribution in [0, 0.1) is 6.92 Å². The fourth-order valence-corrected chi connectivity index (χ4v) is 0.945. The first kappa shape index (κ1) is 4.61. The highest BCUT2D eigenvalue weighted by Crippen LogP contribution is 2.06. The van der Waals surface area contributed by atoms with E-state index >= 15 is 0 Å². The molecule has 0 fully saturated rings. The molecule has 0 spiro atoms. The van der Waals surface area contributed by atoms with Crippen molar-refractivity contribution in [3.8, 4) is 0 Å². The Morgan fingerprint density at radius 2 is 2.44 bits per heavy atom. The molecule has 0 saturated carbocycles. The lowest BCUT2D eigenvalue weighted by atomic mass is 10.6. The van der Waals surface area contributed by atoms with Crippen molar-refractivity contribution >= 4 is 11.2 Å². The Bertz CT molecular complexity index is 289. The third kappa shape index (κ3) is 0.543. The van der Waals surface area contributed by atoms with Crippen LogP contribution in [-0.4, -0.2) is 15.0 Å². The molecule has 2 aromatic heterocycles. The molecule has 9 heavy (non-hydrogen) atoms. The Balaban J connectivity index is 2.92. The fourth-order valence-electron chi connectivity index (χ4n) is 0.945. The van der Waals surface area contributed by atoms with Gasteiger partial charge in [0, 0.05) is 6.20 Å². The summed E-state index contributed by atoms with van der Waals surface area (Å²) in [6, 6.07) is 1.97. The molecule has 46 valence electrons. The number of aromatic nitrogens is 3. The standard InChI is InChI=1S/C6H7N3/c1-4-8-5-2-3-7-6(5)9-4/h2-3,7H,1H3,(H,8,9). The van der Waals surface area contributed by atoms with E-state index in [1.165, 1.54) is 0 Å². The van der Waals surface area contributed by atoms with Crippen LogP contribution in [0.25, 0.3) is 11.2 Å². The van der Waals surface area contributed by atoms with Crippen molar-refractivity contribution in [2.75, 3.05) is 0 Å². The first-order valence-corrected chi connectivity index (χ1v) is 2.86. The van der Waals surface area contributed by atoms with Gasteiger partial charge < -0.3 is 9.97 Å². The van der Waals surface area contributed by atoms with Crippen LogP contribution in [-0.2, 0) is 0 Å². The summed E-state index contributed by atoms with van der Waals surface area (Å²) in [4.78, 5) is 10.3. The van der Waals surface area contributed by atoms with Gasteiger partial charge in [-0.05, 0) is 13.0 Å². The van der Waals surface area contributed by atoms with Gasteiger partial charge in [0.2, 0.25) is 0 Å². The van der Waals surface area contributed by atoms with Crippen LogP contribution in [0.5, 0.6) is 0 Å². The quantitative estimate of drug-likeness (QED) is 0.540. The lowest BCUT2D eigenvalue weighted by molar-refractivity contribution is 1.15. The molecular formula is C6H7N3. The zero-order valence-corrected chi connectivity index (χ0v) is 5.10. The summed E-state index contributed by atoms with van der Waals surface area (Å²) in [5.74, 6) is 0.955. The molecule has 0 unspecified atom stereocenters. The largest absolute Gasteiger partial charge is 0.345 e. The van der Waals surface area contributed by atoms with E-state index in [4.69, 9.17) is 0 Å². The molecule has 0 atom stereocenters. The molecule has 2 aromatic rings. The Kier molecular flexibility index (Phi) is 0.704. The van der Waals surface area contributed by atoms with Crippen molar-refractivity contribution in [1.82, 2.24) is 15.0 Å². The van der Waals surface area contributed by atoms with E-state index in [0.717, 1.165) is 17.0 Å². The van der Waals surface area contributed by atoms with Gasteiger partial charge in [-0.15, -0.1) is 0 Å². The third-order valence-electron chi connectivity index (χ3n) is 1.32. The minimum atomic E-state index is 0.938. The van der Waals surface area contributed by atoms with Crippen molar-refractivity contribution in [1.29, 1.82) is 0 Å². The monoisotopic (exact) mass is 121 g/mol. The van der Waals surface area contributed by atoms with Gasteiger partial charge in [0.1, 0.15) is 5.82 Å². The van der Waals surface area contributed by atoms with Gasteiger partial charge in [-0.1, -0.05) is 0 Å². The molecule has 0 aromatic carbocycles. The molecule has 2 rings (SSSR count). The average molecular weight is 121 g/mol. The smallest absolute Gasteiger partial charge is 0.155 e. The highest BCUT2D eigenvalue weighted by molar-refractivity contribution is 5.70. The van der Waals surface area contributed by atoms with E-state index < -0.39 is 0 Å². The van der Waals surface area contributed by atoms with Crippen molar-refractivity contribution < 1.29 is 0 Å². The van der Waals surface area contributed by atoms with E-state index in [9.17, 15) is 0 Å². The molecule has 2 N–H and O–H groups in total. The van der Waals surface area contributed by atoms with Gasteiger partial charge >= 0.3 is 0 Å². The molecule has 0 bridgehead atoms. The fraction of sp³-hybridized carbons (Fsp3) is 0.167. The van der Waals surface area contributed by atoms with Gasteiger partial charge in [0.25, 0.3) is 0 Å². The predicted octanol–water partition coefficient (Wildman–Crippen LogP) is 1.20. The molecule has 0 radical (unpaired) electrons. The lowest BCUT2D eigenvalue weighted by Gasteiger charge is -1.72. The predicted molar refractivity (Wildman–Crippen MR) is 35.2 cm³/mol. The summed E-state index contributed by atoms with van der Waals surface area (Å²) in [5, 5.41) is 0. The van der Waals surface area contributed by atoms with E-state index in [1.54, 1.807) is 0 Å². The number of fused-ring (bicyclic) bond motifs is 1. The molecule has 3 heteroatoms. The molecule has 0 aliphatic carbocycles. The van der Waals surface area contributed by atoms with Crippen LogP contribution >= 0.6 is 0 Å². The van der Waals surface area contributed by atoms with E-state index in [0.29, 0.717) is 0 Å². The summed E-state index contributed by atoms with van der Waals surface area (Å²) in [5.41, 5.74) is 2.01. The van der Waals surface area contributed by atoms with Crippen molar-refractivity contribution in [2.24, 2.45) is 0 Å². The second-order valence-electron chi connectivity index (χ2n) is 2.06. The number of rotatable bonds is 0. The van der Waals surface area contributed by atoms with Crippen LogP contribution < -0.4 is 0 Å². The number of H-pyrrole nitrogens is 2. The number of imidazole rings is 1. The number of aromatic amines is 2. The van der Waals surface area contributed by atoms with Gasteiger partial charge in [-0.25, -0.2) is 4.98 Å². The SMILES string of the molecule is Cc1nc2[nH]ccc2[nH]1. The van der Waals surface area contributed by atoms with Gasteiger partial charge in [0.05, 0.1) is 5.52 Å². The maximum absolute atomic E-state index is 4.16. The Hall–Kier alpha value is -1.25. The Morgan fingerprint density at radius 1 is 1.56 bits per heavy atom. The van der Waals surface area contributed by atoms with E-state index in [2.05, 4.69) is 15.0 Å². The Morgan fingerprint density at radius 3 is 3.22 bits per heavy atom. The zero-order valence-electron chi connectivity index (χ0n) is 5.10. The molecule has 0 aliphatic heterocycles. The maximum Gasteiger partial charge on any atom is 0.155 e. The van der Waals surface area contributed by atoms with Gasteiger partial charge in [-0.3, -0.25) is 0 Å². The minimum Gasteiger partial charge on any atom is -0.345 e. The van der Waals surface area contributed by atoms with E-state index in [-0.39, 0.29) is 0 Å². The lowest BCUT2D eigenvalue weighted by Crippen LogP contribution is -1.70. The van der Waals surface area contributed by atoms with Crippen LogP contribution in [0.3, 0.4) is 0 Å². The van der Waals surface area contributed by atoms with Crippen molar-refractivity contribution in [3.05, 3.63) is 18.1 Å². The number of nitrogens with zero attached hydrogens (tertiary/aromatic N) is 1. The summed E-state index contributed by atoms with van der Waals surface area (Å²) in [6.45, 7) is 1.94. The van der Waals surface area contributed by atoms with Crippen LogP contribution in [0.15, 0.2) is 12.3 Å². The highest BCUT2D eigenvalue weighted by atomic mass is 15.0. The van der Waals surface area contributed by atoms with E-state index in [1.807, 2.05) is 19.2 Å². The molecule has 0 saturated heterocycles. The Labute approximate surface area is 52.1 Å². The summed E-state index contributed by atoms with van der Waals surface area (Å²) in [7, 11) is 0. The normalized spacial score (nSPS) is 10.8. The van der Waals surface area contributed by atoms with Crippen LogP contribution in [0.1, 0.15) is 5.82 Å². The highest BCUT2D eigenvalue weighted by Gasteiger charge is 1.95. The molecule has 3 nitrogen and oxygen atoms in total. The maximum atomic E-state index is 4.16. The van der Waals surface area contributed by atoms with Crippen LogP contribution in [0.4, 0.5) is 0 Å². The number of nitrogens with one attached hydrogen (secondary N) is 2. The van der Waals surface area contributed by atoms with Crippen molar-refractivity contribution in [2.45, 2.75) is 6.92 Å². The number of hydrogen-bond acceptors (Lipinski definition) is 1. The van der Waals surface area contributed by atoms with Crippen molar-refractivity contribution in [3.63, 3.8) is 0 Å².